The molecule has 1 atom stereocenters. The van der Waals surface area contributed by atoms with Crippen LogP contribution in [0.1, 0.15) is 18.4 Å². The maximum Gasteiger partial charge on any atom is 0.280 e. The van der Waals surface area contributed by atoms with Gasteiger partial charge in [0.1, 0.15) is 0 Å². The molecule has 1 aromatic carbocycles. The zero-order chi connectivity index (χ0) is 11.9. The second kappa shape index (κ2) is 4.08. The van der Waals surface area contributed by atoms with Gasteiger partial charge in [0, 0.05) is 18.6 Å². The van der Waals surface area contributed by atoms with Gasteiger partial charge >= 0.3 is 0 Å². The molecule has 1 aliphatic carbocycles. The van der Waals surface area contributed by atoms with Crippen molar-refractivity contribution in [2.45, 2.75) is 31.3 Å². The average molecular weight is 252 g/mol. The summed E-state index contributed by atoms with van der Waals surface area (Å²) < 4.78 is 28.1. The van der Waals surface area contributed by atoms with Gasteiger partial charge in [0.2, 0.25) is 0 Å². The van der Waals surface area contributed by atoms with Crippen molar-refractivity contribution in [2.24, 2.45) is 0 Å². The van der Waals surface area contributed by atoms with Gasteiger partial charge in [-0.05, 0) is 24.8 Å². The second-order valence-corrected chi connectivity index (χ2v) is 6.47. The highest BCUT2D eigenvalue weighted by molar-refractivity contribution is 7.87. The summed E-state index contributed by atoms with van der Waals surface area (Å²) in [6.45, 7) is 0.613. The molecule has 1 unspecified atom stereocenters. The Morgan fingerprint density at radius 1 is 1.24 bits per heavy atom. The summed E-state index contributed by atoms with van der Waals surface area (Å²) in [7, 11) is -3.21. The van der Waals surface area contributed by atoms with Gasteiger partial charge in [-0.25, -0.2) is 0 Å². The van der Waals surface area contributed by atoms with E-state index < -0.39 is 10.2 Å². The molecule has 2 fully saturated rings. The summed E-state index contributed by atoms with van der Waals surface area (Å²) in [5, 5.41) is 0. The van der Waals surface area contributed by atoms with Crippen LogP contribution in [0.4, 0.5) is 0 Å². The first-order valence-electron chi connectivity index (χ1n) is 5.98. The third-order valence-electron chi connectivity index (χ3n) is 3.30. The van der Waals surface area contributed by atoms with Crippen LogP contribution in [0, 0.1) is 0 Å². The Balaban J connectivity index is 1.71. The molecule has 92 valence electrons. The summed E-state index contributed by atoms with van der Waals surface area (Å²) in [6, 6.07) is 10.3. The minimum atomic E-state index is -3.21. The van der Waals surface area contributed by atoms with Crippen molar-refractivity contribution in [1.82, 2.24) is 9.03 Å². The van der Waals surface area contributed by atoms with Gasteiger partial charge in [0.05, 0.1) is 0 Å². The molecule has 1 saturated carbocycles. The van der Waals surface area contributed by atoms with Gasteiger partial charge in [-0.15, -0.1) is 0 Å². The van der Waals surface area contributed by atoms with E-state index in [0.29, 0.717) is 6.54 Å². The highest BCUT2D eigenvalue weighted by Crippen LogP contribution is 2.31. The first-order valence-corrected chi connectivity index (χ1v) is 7.42. The fraction of sp³-hybridized carbons (Fsp3) is 0.500. The summed E-state index contributed by atoms with van der Waals surface area (Å²) >= 11 is 0. The van der Waals surface area contributed by atoms with Crippen LogP contribution in [0.15, 0.2) is 30.3 Å². The fourth-order valence-corrected chi connectivity index (χ4v) is 4.04. The van der Waals surface area contributed by atoms with E-state index in [1.807, 2.05) is 30.3 Å². The maximum atomic E-state index is 11.9. The Morgan fingerprint density at radius 2 is 1.94 bits per heavy atom. The molecule has 1 heterocycles. The van der Waals surface area contributed by atoms with E-state index in [-0.39, 0.29) is 12.1 Å². The molecule has 0 aromatic heterocycles. The van der Waals surface area contributed by atoms with Gasteiger partial charge in [0.25, 0.3) is 10.2 Å². The molecular weight excluding hydrogens is 236 g/mol. The van der Waals surface area contributed by atoms with E-state index in [1.165, 1.54) is 5.56 Å². The molecule has 0 spiro atoms. The highest BCUT2D eigenvalue weighted by Gasteiger charge is 2.43. The lowest BCUT2D eigenvalue weighted by Crippen LogP contribution is -2.31. The number of hydrogen-bond donors (Lipinski definition) is 1. The van der Waals surface area contributed by atoms with E-state index in [1.54, 1.807) is 4.31 Å². The lowest BCUT2D eigenvalue weighted by atomic mass is 10.1. The number of nitrogens with one attached hydrogen (secondary N) is 1. The second-order valence-electron chi connectivity index (χ2n) is 4.81. The molecule has 2 aliphatic rings. The van der Waals surface area contributed by atoms with Crippen LogP contribution in [0.25, 0.3) is 0 Å². The van der Waals surface area contributed by atoms with E-state index in [0.717, 1.165) is 19.3 Å². The Kier molecular flexibility index (Phi) is 2.69. The van der Waals surface area contributed by atoms with Gasteiger partial charge in [-0.3, -0.25) is 0 Å². The summed E-state index contributed by atoms with van der Waals surface area (Å²) in [4.78, 5) is 0. The van der Waals surface area contributed by atoms with Gasteiger partial charge in [-0.1, -0.05) is 30.3 Å². The van der Waals surface area contributed by atoms with Crippen molar-refractivity contribution in [2.75, 3.05) is 6.54 Å². The predicted molar refractivity (Wildman–Crippen MR) is 65.7 cm³/mol. The van der Waals surface area contributed by atoms with Crippen molar-refractivity contribution in [1.29, 1.82) is 0 Å². The molecule has 17 heavy (non-hydrogen) atoms. The van der Waals surface area contributed by atoms with Crippen LogP contribution >= 0.6 is 0 Å². The largest absolute Gasteiger partial charge is 0.280 e. The maximum absolute atomic E-state index is 11.9. The molecule has 0 amide bonds. The molecule has 4 nitrogen and oxygen atoms in total. The van der Waals surface area contributed by atoms with Crippen LogP contribution in [0.3, 0.4) is 0 Å². The van der Waals surface area contributed by atoms with Crippen molar-refractivity contribution in [3.05, 3.63) is 35.9 Å². The topological polar surface area (TPSA) is 49.4 Å². The summed E-state index contributed by atoms with van der Waals surface area (Å²) in [5.74, 6) is 0. The molecule has 3 rings (SSSR count). The quantitative estimate of drug-likeness (QED) is 0.869. The van der Waals surface area contributed by atoms with Crippen molar-refractivity contribution in [3.8, 4) is 0 Å². The van der Waals surface area contributed by atoms with Gasteiger partial charge < -0.3 is 0 Å². The summed E-state index contributed by atoms with van der Waals surface area (Å²) in [6.07, 6.45) is 2.79. The van der Waals surface area contributed by atoms with Crippen molar-refractivity contribution in [3.63, 3.8) is 0 Å². The highest BCUT2D eigenvalue weighted by atomic mass is 32.2. The average Bonchev–Trinajstić information content (AvgIpc) is 3.06. The molecule has 1 N–H and O–H groups in total. The van der Waals surface area contributed by atoms with Crippen LogP contribution < -0.4 is 4.72 Å². The SMILES string of the molecule is O=S1(=O)NC(Cc2ccccc2)CN1C1CC1. The Bertz CT molecular complexity index is 496. The normalized spacial score (nSPS) is 28.4. The Labute approximate surface area is 102 Å². The monoisotopic (exact) mass is 252 g/mol. The zero-order valence-corrected chi connectivity index (χ0v) is 10.4. The first kappa shape index (κ1) is 11.2. The van der Waals surface area contributed by atoms with E-state index in [9.17, 15) is 8.42 Å². The minimum absolute atomic E-state index is 0.0167. The minimum Gasteiger partial charge on any atom is -0.197 e. The third-order valence-corrected chi connectivity index (χ3v) is 5.00. The van der Waals surface area contributed by atoms with E-state index in [2.05, 4.69) is 4.72 Å². The fourth-order valence-electron chi connectivity index (χ4n) is 2.34. The molecule has 1 aromatic rings. The lowest BCUT2D eigenvalue weighted by Gasteiger charge is -2.11. The van der Waals surface area contributed by atoms with Gasteiger partial charge in [-0.2, -0.15) is 17.4 Å². The van der Waals surface area contributed by atoms with Gasteiger partial charge in [0.15, 0.2) is 0 Å². The molecular formula is C12H16N2O2S. The Morgan fingerprint density at radius 3 is 2.59 bits per heavy atom. The van der Waals surface area contributed by atoms with Crippen LogP contribution in [0.2, 0.25) is 0 Å². The number of hydrogen-bond acceptors (Lipinski definition) is 2. The van der Waals surface area contributed by atoms with Crippen LogP contribution in [-0.2, 0) is 16.6 Å². The molecule has 1 aliphatic heterocycles. The van der Waals surface area contributed by atoms with Crippen LogP contribution in [0.5, 0.6) is 0 Å². The first-order chi connectivity index (χ1) is 8.15. The molecule has 0 bridgehead atoms. The zero-order valence-electron chi connectivity index (χ0n) is 9.54. The lowest BCUT2D eigenvalue weighted by molar-refractivity contribution is 0.419. The van der Waals surface area contributed by atoms with Crippen molar-refractivity contribution < 1.29 is 8.42 Å². The predicted octanol–water partition coefficient (Wildman–Crippen LogP) is 0.910. The van der Waals surface area contributed by atoms with Crippen molar-refractivity contribution >= 4 is 10.2 Å². The molecule has 1 saturated heterocycles. The smallest absolute Gasteiger partial charge is 0.197 e. The third kappa shape index (κ3) is 2.36. The van der Waals surface area contributed by atoms with Crippen LogP contribution in [-0.4, -0.2) is 31.4 Å². The number of nitrogens with zero attached hydrogens (tertiary/aromatic N) is 1. The van der Waals surface area contributed by atoms with E-state index >= 15 is 0 Å². The Hall–Kier alpha value is -0.910. The summed E-state index contributed by atoms with van der Waals surface area (Å²) in [5.41, 5.74) is 1.18. The molecule has 5 heteroatoms. The number of rotatable bonds is 3. The number of benzene rings is 1. The molecule has 0 radical (unpaired) electrons. The standard InChI is InChI=1S/C12H16N2O2S/c15-17(16)13-11(9-14(17)12-6-7-12)8-10-4-2-1-3-5-10/h1-5,11-13H,6-9H2. The van der Waals surface area contributed by atoms with E-state index in [4.69, 9.17) is 0 Å².